The summed E-state index contributed by atoms with van der Waals surface area (Å²) in [6.07, 6.45) is -0.210. The number of carboxylic acid groups (broad SMARTS) is 1. The van der Waals surface area contributed by atoms with Gasteiger partial charge < -0.3 is 31.1 Å². The second-order valence-electron chi connectivity index (χ2n) is 5.55. The molecule has 0 radical (unpaired) electrons. The normalized spacial score (nSPS) is 12.9. The van der Waals surface area contributed by atoms with Crippen LogP contribution in [0.1, 0.15) is 24.0 Å². The summed E-state index contributed by atoms with van der Waals surface area (Å²) in [7, 11) is 1.17. The van der Waals surface area contributed by atoms with E-state index >= 15 is 0 Å². The van der Waals surface area contributed by atoms with Gasteiger partial charge in [0.15, 0.2) is 11.5 Å². The summed E-state index contributed by atoms with van der Waals surface area (Å²) >= 11 is 0. The third kappa shape index (κ3) is 5.64. The molecular formula is C16H22N2O7. The number of hydrogen-bond donors (Lipinski definition) is 5. The molecule has 0 saturated heterocycles. The lowest BCUT2D eigenvalue weighted by molar-refractivity contribution is -0.145. The lowest BCUT2D eigenvalue weighted by atomic mass is 9.99. The number of carbonyl (C=O) groups excluding carboxylic acids is 2. The molecule has 1 unspecified atom stereocenters. The van der Waals surface area contributed by atoms with Gasteiger partial charge >= 0.3 is 11.9 Å². The Labute approximate surface area is 144 Å². The summed E-state index contributed by atoms with van der Waals surface area (Å²) in [5, 5.41) is 30.4. The third-order valence-electron chi connectivity index (χ3n) is 3.77. The van der Waals surface area contributed by atoms with E-state index in [2.05, 4.69) is 10.1 Å². The largest absolute Gasteiger partial charge is 0.504 e. The molecule has 2 atom stereocenters. The second kappa shape index (κ2) is 8.88. The van der Waals surface area contributed by atoms with Crippen molar-refractivity contribution in [3.63, 3.8) is 0 Å². The van der Waals surface area contributed by atoms with Crippen molar-refractivity contribution in [2.45, 2.75) is 38.3 Å². The lowest BCUT2D eigenvalue weighted by Gasteiger charge is -2.18. The molecule has 9 heteroatoms. The summed E-state index contributed by atoms with van der Waals surface area (Å²) in [5.74, 6) is -3.05. The minimum Gasteiger partial charge on any atom is -0.504 e. The lowest BCUT2D eigenvalue weighted by Crippen LogP contribution is -2.43. The average molecular weight is 354 g/mol. The van der Waals surface area contributed by atoms with Crippen LogP contribution in [0.5, 0.6) is 11.5 Å². The zero-order chi connectivity index (χ0) is 19.1. The number of carbonyl (C=O) groups is 3. The number of aliphatic carboxylic acids is 1. The number of methoxy groups -OCH3 is 1. The van der Waals surface area contributed by atoms with Crippen LogP contribution in [-0.2, 0) is 25.5 Å². The van der Waals surface area contributed by atoms with Crippen LogP contribution in [0.3, 0.4) is 0 Å². The van der Waals surface area contributed by atoms with Gasteiger partial charge in [0.2, 0.25) is 5.91 Å². The number of carboxylic acids is 1. The highest BCUT2D eigenvalue weighted by atomic mass is 16.5. The topological polar surface area (TPSA) is 159 Å². The van der Waals surface area contributed by atoms with Crippen LogP contribution in [-0.4, -0.2) is 52.4 Å². The van der Waals surface area contributed by atoms with Gasteiger partial charge in [0.1, 0.15) is 12.1 Å². The number of amides is 1. The molecule has 0 bridgehead atoms. The molecule has 0 aromatic heterocycles. The molecule has 1 aromatic carbocycles. The van der Waals surface area contributed by atoms with Crippen LogP contribution < -0.4 is 11.1 Å². The van der Waals surface area contributed by atoms with E-state index in [0.717, 1.165) is 0 Å². The Morgan fingerprint density at radius 1 is 1.28 bits per heavy atom. The molecule has 1 amide bonds. The van der Waals surface area contributed by atoms with Gasteiger partial charge in [-0.2, -0.15) is 0 Å². The van der Waals surface area contributed by atoms with Crippen molar-refractivity contribution < 1.29 is 34.4 Å². The van der Waals surface area contributed by atoms with Gasteiger partial charge in [0.25, 0.3) is 0 Å². The number of nitrogens with one attached hydrogen (secondary N) is 1. The minimum absolute atomic E-state index is 0.0308. The monoisotopic (exact) mass is 354 g/mol. The number of aromatic hydroxyl groups is 2. The van der Waals surface area contributed by atoms with Crippen molar-refractivity contribution in [1.82, 2.24) is 5.32 Å². The Morgan fingerprint density at radius 2 is 1.92 bits per heavy atom. The van der Waals surface area contributed by atoms with Gasteiger partial charge in [-0.3, -0.25) is 9.59 Å². The Kier molecular flexibility index (Phi) is 7.19. The number of phenolic OH excluding ortho intramolecular Hbond substituents is 2. The maximum Gasteiger partial charge on any atom is 0.328 e. The number of nitrogens with two attached hydrogens (primary N) is 1. The summed E-state index contributed by atoms with van der Waals surface area (Å²) in [4.78, 5) is 34.5. The fourth-order valence-corrected chi connectivity index (χ4v) is 2.18. The Hall–Kier alpha value is -2.81. The first-order valence-electron chi connectivity index (χ1n) is 7.53. The predicted molar refractivity (Wildman–Crippen MR) is 87.0 cm³/mol. The van der Waals surface area contributed by atoms with Crippen LogP contribution in [0, 0.1) is 6.92 Å². The van der Waals surface area contributed by atoms with Crippen molar-refractivity contribution in [3.05, 3.63) is 23.3 Å². The van der Waals surface area contributed by atoms with Gasteiger partial charge in [-0.05, 0) is 30.5 Å². The number of phenols is 2. The van der Waals surface area contributed by atoms with E-state index in [-0.39, 0.29) is 30.8 Å². The molecule has 1 aromatic rings. The zero-order valence-electron chi connectivity index (χ0n) is 14.0. The van der Waals surface area contributed by atoms with Crippen LogP contribution in [0.25, 0.3) is 0 Å². The van der Waals surface area contributed by atoms with E-state index < -0.39 is 29.9 Å². The molecular weight excluding hydrogens is 332 g/mol. The maximum absolute atomic E-state index is 11.9. The fourth-order valence-electron chi connectivity index (χ4n) is 2.18. The first kappa shape index (κ1) is 20.2. The molecule has 0 aliphatic heterocycles. The Balaban J connectivity index is 2.82. The van der Waals surface area contributed by atoms with E-state index in [4.69, 9.17) is 10.8 Å². The van der Waals surface area contributed by atoms with E-state index in [1.807, 2.05) is 0 Å². The Morgan fingerprint density at radius 3 is 2.48 bits per heavy atom. The molecule has 0 heterocycles. The first-order chi connectivity index (χ1) is 11.7. The van der Waals surface area contributed by atoms with Crippen molar-refractivity contribution in [2.24, 2.45) is 5.73 Å². The van der Waals surface area contributed by atoms with Gasteiger partial charge in [-0.1, -0.05) is 6.07 Å². The molecule has 138 valence electrons. The van der Waals surface area contributed by atoms with Crippen LogP contribution in [0.2, 0.25) is 0 Å². The average Bonchev–Trinajstić information content (AvgIpc) is 2.58. The number of benzene rings is 1. The van der Waals surface area contributed by atoms with Crippen molar-refractivity contribution in [3.8, 4) is 11.5 Å². The maximum atomic E-state index is 11.9. The van der Waals surface area contributed by atoms with E-state index in [0.29, 0.717) is 11.1 Å². The fraction of sp³-hybridized carbons (Fsp3) is 0.438. The predicted octanol–water partition coefficient (Wildman–Crippen LogP) is -0.201. The summed E-state index contributed by atoms with van der Waals surface area (Å²) < 4.78 is 4.66. The van der Waals surface area contributed by atoms with Gasteiger partial charge in [-0.15, -0.1) is 0 Å². The second-order valence-corrected chi connectivity index (χ2v) is 5.55. The van der Waals surface area contributed by atoms with Crippen LogP contribution in [0.15, 0.2) is 12.1 Å². The highest BCUT2D eigenvalue weighted by molar-refractivity contribution is 5.85. The van der Waals surface area contributed by atoms with Crippen LogP contribution in [0.4, 0.5) is 0 Å². The highest BCUT2D eigenvalue weighted by Gasteiger charge is 2.24. The van der Waals surface area contributed by atoms with E-state index in [9.17, 15) is 24.6 Å². The number of rotatable bonds is 8. The van der Waals surface area contributed by atoms with Crippen molar-refractivity contribution in [1.29, 1.82) is 0 Å². The number of ether oxygens (including phenoxy) is 1. The Bertz CT molecular complexity index is 660. The smallest absolute Gasteiger partial charge is 0.328 e. The molecule has 6 N–H and O–H groups in total. The number of esters is 1. The first-order valence-corrected chi connectivity index (χ1v) is 7.53. The van der Waals surface area contributed by atoms with E-state index in [1.54, 1.807) is 6.92 Å². The molecule has 25 heavy (non-hydrogen) atoms. The van der Waals surface area contributed by atoms with Crippen molar-refractivity contribution >= 4 is 17.8 Å². The van der Waals surface area contributed by atoms with Gasteiger partial charge in [0, 0.05) is 12.8 Å². The quantitative estimate of drug-likeness (QED) is 0.317. The van der Waals surface area contributed by atoms with E-state index in [1.165, 1.54) is 19.2 Å². The summed E-state index contributed by atoms with van der Waals surface area (Å²) in [6.45, 7) is 1.56. The SMILES string of the molecule is COC(=O)[C@H](Cc1ccc(O)c(O)c1C)NC(=O)CCC(N)C(=O)O. The molecule has 0 aliphatic carbocycles. The van der Waals surface area contributed by atoms with Gasteiger partial charge in [0.05, 0.1) is 7.11 Å². The highest BCUT2D eigenvalue weighted by Crippen LogP contribution is 2.31. The molecule has 0 spiro atoms. The molecule has 0 fully saturated rings. The molecule has 0 aliphatic rings. The zero-order valence-corrected chi connectivity index (χ0v) is 14.0. The third-order valence-corrected chi connectivity index (χ3v) is 3.77. The molecule has 1 rings (SSSR count). The summed E-state index contributed by atoms with van der Waals surface area (Å²) in [6, 6.07) is 0.604. The standard InChI is InChI=1S/C16H22N2O7/c1-8-9(3-5-12(19)14(8)21)7-11(16(24)25-2)18-13(20)6-4-10(17)15(22)23/h3,5,10-11,19,21H,4,6-7,17H2,1-2H3,(H,18,20)(H,22,23)/t10?,11-/m0/s1. The van der Waals surface area contributed by atoms with Crippen LogP contribution >= 0.6 is 0 Å². The number of hydrogen-bond acceptors (Lipinski definition) is 7. The van der Waals surface area contributed by atoms with Gasteiger partial charge in [-0.25, -0.2) is 4.79 Å². The molecule has 0 saturated carbocycles. The van der Waals surface area contributed by atoms with Crippen molar-refractivity contribution in [2.75, 3.05) is 7.11 Å². The minimum atomic E-state index is -1.22. The summed E-state index contributed by atoms with van der Waals surface area (Å²) in [5.41, 5.74) is 6.24. The molecule has 9 nitrogen and oxygen atoms in total.